The van der Waals surface area contributed by atoms with Gasteiger partial charge in [0.05, 0.1) is 0 Å². The van der Waals surface area contributed by atoms with Gasteiger partial charge in [-0.2, -0.15) is 0 Å². The van der Waals surface area contributed by atoms with E-state index in [1.54, 1.807) is 0 Å². The van der Waals surface area contributed by atoms with Gasteiger partial charge in [-0.15, -0.1) is 0 Å². The standard InChI is InChI=1S/H4NO4PS/c1-7(5)6(2,3)4/h1H2,(H2,2,3,4). The van der Waals surface area contributed by atoms with Gasteiger partial charge in [0, 0.05) is 0 Å². The first-order valence-corrected chi connectivity index (χ1v) is 4.60. The normalized spacial score (nSPS) is 16.4. The van der Waals surface area contributed by atoms with Gasteiger partial charge in [0.1, 0.15) is 0 Å². The van der Waals surface area contributed by atoms with Crippen LogP contribution in [0.1, 0.15) is 0 Å². The summed E-state index contributed by atoms with van der Waals surface area (Å²) in [4.78, 5) is 15.6. The Kier molecular flexibility index (Phi) is 2.09. The van der Waals surface area contributed by atoms with Gasteiger partial charge >= 0.3 is 6.80 Å². The molecule has 0 aliphatic carbocycles. The lowest BCUT2D eigenvalue weighted by atomic mass is 14.0. The predicted molar refractivity (Wildman–Crippen MR) is 24.4 cm³/mol. The van der Waals surface area contributed by atoms with Crippen LogP contribution in [0.4, 0.5) is 0 Å². The molecule has 1 unspecified atom stereocenters. The molecule has 7 heavy (non-hydrogen) atoms. The van der Waals surface area contributed by atoms with E-state index in [-0.39, 0.29) is 0 Å². The van der Waals surface area contributed by atoms with Gasteiger partial charge in [0.25, 0.3) is 0 Å². The fraction of sp³-hybridized carbons (Fsp3) is 0. The smallest absolute Gasteiger partial charge is 0.314 e. The maximum Gasteiger partial charge on any atom is 0.427 e. The van der Waals surface area contributed by atoms with Crippen LogP contribution in [0.2, 0.25) is 0 Å². The Morgan fingerprint density at radius 1 is 1.57 bits per heavy atom. The Morgan fingerprint density at radius 3 is 1.71 bits per heavy atom. The number of hydrogen-bond donors (Lipinski definition) is 3. The largest absolute Gasteiger partial charge is 0.427 e. The quantitative estimate of drug-likeness (QED) is 0.399. The van der Waals surface area contributed by atoms with E-state index in [1.165, 1.54) is 0 Å². The first-order valence-electron chi connectivity index (χ1n) is 1.17. The SMILES string of the molecule is NS(=O)P(=O)(O)O. The second kappa shape index (κ2) is 2.02. The molecule has 0 aromatic carbocycles. The third-order valence-corrected chi connectivity index (χ3v) is 2.11. The lowest BCUT2D eigenvalue weighted by Gasteiger charge is -1.92. The molecule has 1 atom stereocenters. The van der Waals surface area contributed by atoms with Gasteiger partial charge in [-0.05, 0) is 0 Å². The Morgan fingerprint density at radius 2 is 1.71 bits per heavy atom. The molecule has 7 heteroatoms. The highest BCUT2D eigenvalue weighted by molar-refractivity contribution is 8.44. The van der Waals surface area contributed by atoms with Crippen molar-refractivity contribution in [3.63, 3.8) is 0 Å². The summed E-state index contributed by atoms with van der Waals surface area (Å²) in [6, 6.07) is 0. The van der Waals surface area contributed by atoms with E-state index in [4.69, 9.17) is 9.79 Å². The first kappa shape index (κ1) is 7.26. The van der Waals surface area contributed by atoms with E-state index in [2.05, 4.69) is 5.14 Å². The van der Waals surface area contributed by atoms with Crippen LogP contribution >= 0.6 is 6.80 Å². The van der Waals surface area contributed by atoms with Crippen LogP contribution in [0.25, 0.3) is 0 Å². The van der Waals surface area contributed by atoms with Crippen molar-refractivity contribution in [1.29, 1.82) is 0 Å². The van der Waals surface area contributed by atoms with Gasteiger partial charge in [0.15, 0.2) is 0 Å². The fourth-order valence-electron chi connectivity index (χ4n) is 0. The fourth-order valence-corrected chi connectivity index (χ4v) is 0. The minimum absolute atomic E-state index is 2.52. The molecule has 0 radical (unpaired) electrons. The second-order valence-corrected chi connectivity index (χ2v) is 4.81. The van der Waals surface area contributed by atoms with E-state index < -0.39 is 17.4 Å². The Balaban J connectivity index is 4.09. The summed E-state index contributed by atoms with van der Waals surface area (Å²) >= 11 is 0. The van der Waals surface area contributed by atoms with Crippen molar-refractivity contribution >= 4 is 17.4 Å². The van der Waals surface area contributed by atoms with Crippen LogP contribution in [0.5, 0.6) is 0 Å². The monoisotopic (exact) mass is 145 g/mol. The van der Waals surface area contributed by atoms with E-state index in [0.717, 1.165) is 0 Å². The zero-order valence-electron chi connectivity index (χ0n) is 3.14. The second-order valence-electron chi connectivity index (χ2n) is 0.767. The molecule has 0 saturated carbocycles. The highest BCUT2D eigenvalue weighted by atomic mass is 32.8. The molecule has 0 fully saturated rings. The van der Waals surface area contributed by atoms with E-state index in [9.17, 15) is 8.77 Å². The average Bonchev–Trinajstić information content (AvgIpc) is 1.31. The molecular formula is H4NO4PS. The van der Waals surface area contributed by atoms with Crippen molar-refractivity contribution in [3.8, 4) is 0 Å². The molecule has 0 aromatic rings. The molecule has 0 aromatic heterocycles. The maximum atomic E-state index is 9.60. The van der Waals surface area contributed by atoms with Gasteiger partial charge in [0.2, 0.25) is 10.6 Å². The third-order valence-electron chi connectivity index (χ3n) is 0.234. The Labute approximate surface area is 42.0 Å². The van der Waals surface area contributed by atoms with Crippen molar-refractivity contribution in [2.24, 2.45) is 5.14 Å². The van der Waals surface area contributed by atoms with Gasteiger partial charge in [-0.3, -0.25) is 0 Å². The van der Waals surface area contributed by atoms with E-state index in [1.807, 2.05) is 0 Å². The zero-order chi connectivity index (χ0) is 6.08. The summed E-state index contributed by atoms with van der Waals surface area (Å²) in [5.41, 5.74) is 0. The number of rotatable bonds is 1. The molecule has 0 amide bonds. The highest BCUT2D eigenvalue weighted by Crippen LogP contribution is 2.36. The summed E-state index contributed by atoms with van der Waals surface area (Å²) in [6.45, 7) is -4.49. The molecular weight excluding hydrogens is 141 g/mol. The van der Waals surface area contributed by atoms with E-state index in [0.29, 0.717) is 0 Å². The summed E-state index contributed by atoms with van der Waals surface area (Å²) < 4.78 is 19.2. The van der Waals surface area contributed by atoms with Crippen molar-refractivity contribution in [3.05, 3.63) is 0 Å². The minimum Gasteiger partial charge on any atom is -0.314 e. The molecule has 0 heterocycles. The first-order chi connectivity index (χ1) is 2.94. The van der Waals surface area contributed by atoms with Crippen LogP contribution in [0.3, 0.4) is 0 Å². The Bertz CT molecular complexity index is 124. The molecule has 0 spiro atoms. The molecule has 0 rings (SSSR count). The molecule has 0 bridgehead atoms. The molecule has 44 valence electrons. The lowest BCUT2D eigenvalue weighted by molar-refractivity contribution is 0.394. The highest BCUT2D eigenvalue weighted by Gasteiger charge is 2.18. The molecule has 5 nitrogen and oxygen atoms in total. The van der Waals surface area contributed by atoms with Gasteiger partial charge < -0.3 is 9.79 Å². The summed E-state index contributed by atoms with van der Waals surface area (Å²) in [5.74, 6) is 0. The number of hydrogen-bond acceptors (Lipinski definition) is 2. The van der Waals surface area contributed by atoms with Crippen LogP contribution in [0.15, 0.2) is 0 Å². The maximum absolute atomic E-state index is 9.60. The van der Waals surface area contributed by atoms with Gasteiger partial charge in [-0.25, -0.2) is 13.9 Å². The van der Waals surface area contributed by atoms with Crippen LogP contribution in [-0.2, 0) is 15.2 Å². The summed E-state index contributed by atoms with van der Waals surface area (Å²) in [5, 5.41) is 4.28. The van der Waals surface area contributed by atoms with Gasteiger partial charge in [-0.1, -0.05) is 0 Å². The molecule has 0 saturated heterocycles. The van der Waals surface area contributed by atoms with Crippen molar-refractivity contribution in [1.82, 2.24) is 0 Å². The van der Waals surface area contributed by atoms with Crippen LogP contribution < -0.4 is 5.14 Å². The minimum atomic E-state index is -4.49. The Hall–Kier alpha value is 0.260. The predicted octanol–water partition coefficient (Wildman–Crippen LogP) is -1.30. The topological polar surface area (TPSA) is 101 Å². The lowest BCUT2D eigenvalue weighted by Crippen LogP contribution is -2.01. The number of nitrogens with two attached hydrogens (primary N) is 1. The van der Waals surface area contributed by atoms with Crippen molar-refractivity contribution in [2.75, 3.05) is 0 Å². The molecule has 0 aliphatic heterocycles. The van der Waals surface area contributed by atoms with E-state index >= 15 is 0 Å². The zero-order valence-corrected chi connectivity index (χ0v) is 4.85. The molecule has 0 aliphatic rings. The summed E-state index contributed by atoms with van der Waals surface area (Å²) in [6.07, 6.45) is 0. The third kappa shape index (κ3) is 2.90. The summed E-state index contributed by atoms with van der Waals surface area (Å²) in [7, 11) is -2.52. The average molecular weight is 145 g/mol. The molecule has 4 N–H and O–H groups in total. The van der Waals surface area contributed by atoms with Crippen molar-refractivity contribution < 1.29 is 18.6 Å². The van der Waals surface area contributed by atoms with Crippen LogP contribution in [-0.4, -0.2) is 14.0 Å². The van der Waals surface area contributed by atoms with Crippen LogP contribution in [0, 0.1) is 0 Å². The van der Waals surface area contributed by atoms with Crippen molar-refractivity contribution in [2.45, 2.75) is 0 Å².